The van der Waals surface area contributed by atoms with E-state index in [1.165, 1.54) is 0 Å². The molecule has 2 rings (SSSR count). The molecule has 1 aromatic heterocycles. The van der Waals surface area contributed by atoms with Gasteiger partial charge in [-0.25, -0.2) is 0 Å². The number of amides is 1. The van der Waals surface area contributed by atoms with Gasteiger partial charge in [0.05, 0.1) is 17.8 Å². The first kappa shape index (κ1) is 16.2. The van der Waals surface area contributed by atoms with Crippen LogP contribution in [0.2, 0.25) is 0 Å². The fourth-order valence-corrected chi connectivity index (χ4v) is 2.50. The van der Waals surface area contributed by atoms with Gasteiger partial charge in [-0.05, 0) is 19.1 Å². The second-order valence-electron chi connectivity index (χ2n) is 4.86. The van der Waals surface area contributed by atoms with Gasteiger partial charge in [-0.1, -0.05) is 15.9 Å². The number of halogens is 4. The van der Waals surface area contributed by atoms with Gasteiger partial charge in [0.1, 0.15) is 5.69 Å². The van der Waals surface area contributed by atoms with Crippen LogP contribution in [0.1, 0.15) is 23.0 Å². The van der Waals surface area contributed by atoms with E-state index in [2.05, 4.69) is 20.9 Å². The molecular weight excluding hydrogens is 353 g/mol. The van der Waals surface area contributed by atoms with E-state index >= 15 is 0 Å². The van der Waals surface area contributed by atoms with Crippen LogP contribution in [0.3, 0.4) is 0 Å². The van der Waals surface area contributed by atoms with Gasteiger partial charge in [-0.15, -0.1) is 0 Å². The summed E-state index contributed by atoms with van der Waals surface area (Å²) in [5.74, 6) is -0.384. The molecule has 0 aliphatic carbocycles. The third-order valence-corrected chi connectivity index (χ3v) is 3.82. The minimum Gasteiger partial charge on any atom is -0.371 e. The van der Waals surface area contributed by atoms with Crippen molar-refractivity contribution in [3.8, 4) is 0 Å². The third kappa shape index (κ3) is 3.94. The number of carbonyl (C=O) groups excluding carboxylic acids is 1. The zero-order valence-corrected chi connectivity index (χ0v) is 12.8. The molecule has 21 heavy (non-hydrogen) atoms. The maximum absolute atomic E-state index is 12.5. The first-order chi connectivity index (χ1) is 9.81. The molecule has 0 spiro atoms. The Bertz CT molecular complexity index is 507. The number of hydrogen-bond acceptors (Lipinski definition) is 3. The van der Waals surface area contributed by atoms with Gasteiger partial charge in [-0.3, -0.25) is 9.78 Å². The second-order valence-corrected chi connectivity index (χ2v) is 5.51. The Kier molecular flexibility index (Phi) is 4.88. The standard InChI is InChI=1S/C13H14BrF3N2O2/c1-8-6-19(7-10(4-14)21-8)12(20)11-3-2-9(5-18-11)13(15,16)17/h2-3,5,8,10H,4,6-7H2,1H3. The molecule has 116 valence electrons. The number of morpholine rings is 1. The lowest BCUT2D eigenvalue weighted by molar-refractivity contribution is -0.137. The Balaban J connectivity index is 2.12. The zero-order chi connectivity index (χ0) is 15.6. The normalized spacial score (nSPS) is 23.2. The molecule has 2 unspecified atom stereocenters. The highest BCUT2D eigenvalue weighted by Gasteiger charge is 2.32. The van der Waals surface area contributed by atoms with Crippen molar-refractivity contribution in [3.63, 3.8) is 0 Å². The van der Waals surface area contributed by atoms with E-state index in [4.69, 9.17) is 4.74 Å². The van der Waals surface area contributed by atoms with Gasteiger partial charge >= 0.3 is 6.18 Å². The Morgan fingerprint density at radius 3 is 2.71 bits per heavy atom. The summed E-state index contributed by atoms with van der Waals surface area (Å²) >= 11 is 3.30. The van der Waals surface area contributed by atoms with Gasteiger partial charge in [0.2, 0.25) is 0 Å². The van der Waals surface area contributed by atoms with Crippen molar-refractivity contribution in [2.75, 3.05) is 18.4 Å². The van der Waals surface area contributed by atoms with Crippen LogP contribution in [0.5, 0.6) is 0 Å². The first-order valence-corrected chi connectivity index (χ1v) is 7.47. The lowest BCUT2D eigenvalue weighted by Crippen LogP contribution is -2.49. The third-order valence-electron chi connectivity index (χ3n) is 3.10. The molecule has 0 saturated carbocycles. The van der Waals surface area contributed by atoms with Crippen LogP contribution in [0.25, 0.3) is 0 Å². The SMILES string of the molecule is CC1CN(C(=O)c2ccc(C(F)(F)F)cn2)CC(CBr)O1. The number of nitrogens with zero attached hydrogens (tertiary/aromatic N) is 2. The smallest absolute Gasteiger partial charge is 0.371 e. The summed E-state index contributed by atoms with van der Waals surface area (Å²) in [5, 5.41) is 0.585. The maximum Gasteiger partial charge on any atom is 0.417 e. The van der Waals surface area contributed by atoms with Crippen LogP contribution in [0, 0.1) is 0 Å². The number of ether oxygens (including phenoxy) is 1. The average Bonchev–Trinajstić information content (AvgIpc) is 2.45. The van der Waals surface area contributed by atoms with Crippen LogP contribution in [0.15, 0.2) is 18.3 Å². The fraction of sp³-hybridized carbons (Fsp3) is 0.538. The summed E-state index contributed by atoms with van der Waals surface area (Å²) in [6, 6.07) is 1.97. The quantitative estimate of drug-likeness (QED) is 0.755. The number of hydrogen-bond donors (Lipinski definition) is 0. The largest absolute Gasteiger partial charge is 0.417 e. The summed E-state index contributed by atoms with van der Waals surface area (Å²) in [7, 11) is 0. The molecule has 0 bridgehead atoms. The number of alkyl halides is 4. The van der Waals surface area contributed by atoms with Crippen molar-refractivity contribution in [1.82, 2.24) is 9.88 Å². The molecule has 2 heterocycles. The minimum absolute atomic E-state index is 0.00502. The number of pyridine rings is 1. The first-order valence-electron chi connectivity index (χ1n) is 6.35. The lowest BCUT2D eigenvalue weighted by Gasteiger charge is -2.36. The minimum atomic E-state index is -4.46. The summed E-state index contributed by atoms with van der Waals surface area (Å²) in [5.41, 5.74) is -0.863. The van der Waals surface area contributed by atoms with Crippen LogP contribution in [-0.4, -0.2) is 46.4 Å². The molecule has 1 amide bonds. The predicted octanol–water partition coefficient (Wildman–Crippen LogP) is 2.72. The number of rotatable bonds is 2. The average molecular weight is 367 g/mol. The number of carbonyl (C=O) groups is 1. The van der Waals surface area contributed by atoms with Crippen LogP contribution in [0.4, 0.5) is 13.2 Å². The van der Waals surface area contributed by atoms with Crippen molar-refractivity contribution >= 4 is 21.8 Å². The Hall–Kier alpha value is -1.15. The Morgan fingerprint density at radius 2 is 2.19 bits per heavy atom. The van der Waals surface area contributed by atoms with Gasteiger partial charge in [0, 0.05) is 24.6 Å². The van der Waals surface area contributed by atoms with Crippen molar-refractivity contribution in [2.24, 2.45) is 0 Å². The Labute approximate surface area is 128 Å². The van der Waals surface area contributed by atoms with Crippen molar-refractivity contribution in [3.05, 3.63) is 29.6 Å². The van der Waals surface area contributed by atoms with E-state index in [1.807, 2.05) is 6.92 Å². The predicted molar refractivity (Wildman–Crippen MR) is 73.3 cm³/mol. The van der Waals surface area contributed by atoms with E-state index in [0.717, 1.165) is 12.1 Å². The number of aromatic nitrogens is 1. The molecule has 0 N–H and O–H groups in total. The Morgan fingerprint density at radius 1 is 1.48 bits per heavy atom. The fourth-order valence-electron chi connectivity index (χ4n) is 2.15. The lowest BCUT2D eigenvalue weighted by atomic mass is 10.2. The molecular formula is C13H14BrF3N2O2. The highest BCUT2D eigenvalue weighted by atomic mass is 79.9. The maximum atomic E-state index is 12.5. The zero-order valence-electron chi connectivity index (χ0n) is 11.2. The molecule has 2 atom stereocenters. The summed E-state index contributed by atoms with van der Waals surface area (Å²) in [6.07, 6.45) is -4.03. The van der Waals surface area contributed by atoms with E-state index in [1.54, 1.807) is 4.90 Å². The molecule has 1 aromatic rings. The summed E-state index contributed by atoms with van der Waals surface area (Å²) in [4.78, 5) is 17.5. The van der Waals surface area contributed by atoms with E-state index in [-0.39, 0.29) is 23.8 Å². The summed E-state index contributed by atoms with van der Waals surface area (Å²) < 4.78 is 43.0. The van der Waals surface area contributed by atoms with Crippen LogP contribution in [-0.2, 0) is 10.9 Å². The van der Waals surface area contributed by atoms with Gasteiger partial charge in [0.25, 0.3) is 5.91 Å². The van der Waals surface area contributed by atoms with Crippen LogP contribution >= 0.6 is 15.9 Å². The molecule has 1 saturated heterocycles. The van der Waals surface area contributed by atoms with Crippen molar-refractivity contribution < 1.29 is 22.7 Å². The molecule has 0 radical (unpaired) electrons. The van der Waals surface area contributed by atoms with Crippen molar-refractivity contribution in [1.29, 1.82) is 0 Å². The topological polar surface area (TPSA) is 42.4 Å². The molecule has 0 aromatic carbocycles. The van der Waals surface area contributed by atoms with Gasteiger partial charge < -0.3 is 9.64 Å². The molecule has 1 aliphatic heterocycles. The van der Waals surface area contributed by atoms with E-state index < -0.39 is 11.7 Å². The summed E-state index contributed by atoms with van der Waals surface area (Å²) in [6.45, 7) is 2.62. The highest BCUT2D eigenvalue weighted by Crippen LogP contribution is 2.28. The molecule has 8 heteroatoms. The highest BCUT2D eigenvalue weighted by molar-refractivity contribution is 9.09. The van der Waals surface area contributed by atoms with Gasteiger partial charge in [0.15, 0.2) is 0 Å². The van der Waals surface area contributed by atoms with E-state index in [9.17, 15) is 18.0 Å². The second kappa shape index (κ2) is 6.31. The van der Waals surface area contributed by atoms with Crippen molar-refractivity contribution in [2.45, 2.75) is 25.3 Å². The van der Waals surface area contributed by atoms with Crippen LogP contribution < -0.4 is 0 Å². The van der Waals surface area contributed by atoms with E-state index in [0.29, 0.717) is 24.6 Å². The molecule has 1 fully saturated rings. The molecule has 4 nitrogen and oxygen atoms in total. The monoisotopic (exact) mass is 366 g/mol. The van der Waals surface area contributed by atoms with Gasteiger partial charge in [-0.2, -0.15) is 13.2 Å². The molecule has 1 aliphatic rings.